The summed E-state index contributed by atoms with van der Waals surface area (Å²) in [6, 6.07) is 20.4. The van der Waals surface area contributed by atoms with Crippen LogP contribution in [0.4, 0.5) is 0 Å². The highest BCUT2D eigenvalue weighted by molar-refractivity contribution is 5.33. The molecule has 2 atom stereocenters. The number of aliphatic hydroxyl groups is 2. The molecule has 0 saturated heterocycles. The highest BCUT2D eigenvalue weighted by Crippen LogP contribution is 2.29. The number of benzene rings is 2. The third-order valence-electron chi connectivity index (χ3n) is 3.42. The first kappa shape index (κ1) is 13.5. The molecular weight excluding hydrogens is 264 g/mol. The summed E-state index contributed by atoms with van der Waals surface area (Å²) < 4.78 is 1.64. The van der Waals surface area contributed by atoms with Gasteiger partial charge in [-0.15, -0.1) is 0 Å². The van der Waals surface area contributed by atoms with E-state index in [1.54, 1.807) is 29.1 Å². The van der Waals surface area contributed by atoms with E-state index in [4.69, 9.17) is 0 Å². The summed E-state index contributed by atoms with van der Waals surface area (Å²) >= 11 is 0. The fourth-order valence-electron chi connectivity index (χ4n) is 2.32. The van der Waals surface area contributed by atoms with Gasteiger partial charge in [0.25, 0.3) is 0 Å². The summed E-state index contributed by atoms with van der Waals surface area (Å²) in [6.07, 6.45) is -0.427. The lowest BCUT2D eigenvalue weighted by Gasteiger charge is -2.19. The summed E-state index contributed by atoms with van der Waals surface area (Å²) in [6.45, 7) is 0. The van der Waals surface area contributed by atoms with Crippen LogP contribution in [-0.4, -0.2) is 20.0 Å². The number of hydrogen-bond donors (Lipinski definition) is 2. The van der Waals surface area contributed by atoms with Gasteiger partial charge in [0.15, 0.2) is 0 Å². The number of aromatic nitrogens is 2. The van der Waals surface area contributed by atoms with Crippen LogP contribution in [0.15, 0.2) is 72.9 Å². The van der Waals surface area contributed by atoms with Gasteiger partial charge in [-0.2, -0.15) is 5.10 Å². The highest BCUT2D eigenvalue weighted by Gasteiger charge is 2.23. The van der Waals surface area contributed by atoms with Crippen molar-refractivity contribution in [2.45, 2.75) is 12.2 Å². The van der Waals surface area contributed by atoms with Gasteiger partial charge in [0.2, 0.25) is 0 Å². The van der Waals surface area contributed by atoms with Gasteiger partial charge in [0, 0.05) is 6.20 Å². The third kappa shape index (κ3) is 2.72. The zero-order valence-electron chi connectivity index (χ0n) is 11.4. The summed E-state index contributed by atoms with van der Waals surface area (Å²) in [7, 11) is 0. The normalized spacial score (nSPS) is 13.8. The minimum absolute atomic E-state index is 0.553. The van der Waals surface area contributed by atoms with Crippen LogP contribution in [0, 0.1) is 0 Å². The van der Waals surface area contributed by atoms with Crippen molar-refractivity contribution in [1.29, 1.82) is 0 Å². The molecule has 2 N–H and O–H groups in total. The summed E-state index contributed by atoms with van der Waals surface area (Å²) in [4.78, 5) is 0. The fraction of sp³-hybridized carbons (Fsp3) is 0.118. The molecule has 0 spiro atoms. The highest BCUT2D eigenvalue weighted by atomic mass is 16.3. The van der Waals surface area contributed by atoms with Crippen LogP contribution < -0.4 is 0 Å². The van der Waals surface area contributed by atoms with Crippen molar-refractivity contribution in [1.82, 2.24) is 9.78 Å². The van der Waals surface area contributed by atoms with E-state index in [1.165, 1.54) is 0 Å². The van der Waals surface area contributed by atoms with Gasteiger partial charge in [-0.25, -0.2) is 4.68 Å². The quantitative estimate of drug-likeness (QED) is 0.772. The molecule has 4 heteroatoms. The summed E-state index contributed by atoms with van der Waals surface area (Å²) in [5, 5.41) is 25.0. The molecule has 0 fully saturated rings. The Kier molecular flexibility index (Phi) is 3.81. The molecule has 0 aliphatic heterocycles. The van der Waals surface area contributed by atoms with Gasteiger partial charge in [0.05, 0.1) is 11.4 Å². The van der Waals surface area contributed by atoms with Gasteiger partial charge < -0.3 is 10.2 Å². The van der Waals surface area contributed by atoms with Crippen molar-refractivity contribution in [3.63, 3.8) is 0 Å². The summed E-state index contributed by atoms with van der Waals surface area (Å²) in [5.41, 5.74) is 2.07. The van der Waals surface area contributed by atoms with E-state index in [0.717, 1.165) is 5.69 Å². The van der Waals surface area contributed by atoms with Crippen molar-refractivity contribution in [2.24, 2.45) is 0 Å². The van der Waals surface area contributed by atoms with E-state index in [9.17, 15) is 10.2 Å². The van der Waals surface area contributed by atoms with Crippen molar-refractivity contribution < 1.29 is 10.2 Å². The van der Waals surface area contributed by atoms with Gasteiger partial charge in [-0.1, -0.05) is 48.5 Å². The second kappa shape index (κ2) is 5.91. The third-order valence-corrected chi connectivity index (χ3v) is 3.42. The van der Waals surface area contributed by atoms with Crippen LogP contribution in [0.25, 0.3) is 5.69 Å². The van der Waals surface area contributed by atoms with E-state index in [2.05, 4.69) is 5.10 Å². The Hall–Kier alpha value is -2.43. The first-order valence-corrected chi connectivity index (χ1v) is 6.78. The fourth-order valence-corrected chi connectivity index (χ4v) is 2.32. The van der Waals surface area contributed by atoms with Crippen molar-refractivity contribution in [3.05, 3.63) is 84.2 Å². The molecule has 0 amide bonds. The van der Waals surface area contributed by atoms with Crippen LogP contribution in [0.2, 0.25) is 0 Å². The zero-order chi connectivity index (χ0) is 14.7. The Morgan fingerprint density at radius 2 is 1.38 bits per heavy atom. The molecule has 3 aromatic rings. The van der Waals surface area contributed by atoms with Crippen LogP contribution in [0.1, 0.15) is 23.5 Å². The molecule has 21 heavy (non-hydrogen) atoms. The molecule has 0 aliphatic rings. The Bertz CT molecular complexity index is 695. The minimum Gasteiger partial charge on any atom is -0.385 e. The molecule has 3 rings (SSSR count). The predicted molar refractivity (Wildman–Crippen MR) is 79.9 cm³/mol. The number of rotatable bonds is 4. The molecule has 0 saturated carbocycles. The first-order valence-electron chi connectivity index (χ1n) is 6.78. The predicted octanol–water partition coefficient (Wildman–Crippen LogP) is 2.64. The van der Waals surface area contributed by atoms with Crippen LogP contribution in [0.3, 0.4) is 0 Å². The molecule has 106 valence electrons. The monoisotopic (exact) mass is 280 g/mol. The number of nitrogens with zero attached hydrogens (tertiary/aromatic N) is 2. The standard InChI is InChI=1S/C17H16N2O2/c20-16(13-7-3-1-4-8-13)17(21)15-11-12-18-19(15)14-9-5-2-6-10-14/h1-12,16-17,20-21H. The molecule has 2 aromatic carbocycles. The number of hydrogen-bond acceptors (Lipinski definition) is 3. The van der Waals surface area contributed by atoms with Crippen LogP contribution in [0.5, 0.6) is 0 Å². The van der Waals surface area contributed by atoms with E-state index in [0.29, 0.717) is 11.3 Å². The first-order chi connectivity index (χ1) is 10.3. The molecule has 0 aliphatic carbocycles. The van der Waals surface area contributed by atoms with E-state index < -0.39 is 12.2 Å². The van der Waals surface area contributed by atoms with Crippen molar-refractivity contribution in [3.8, 4) is 5.69 Å². The Morgan fingerprint density at radius 3 is 2.05 bits per heavy atom. The van der Waals surface area contributed by atoms with Crippen molar-refractivity contribution in [2.75, 3.05) is 0 Å². The second-order valence-electron chi connectivity index (χ2n) is 4.80. The Labute approximate surface area is 122 Å². The Balaban J connectivity index is 1.93. The number of aliphatic hydroxyl groups excluding tert-OH is 2. The van der Waals surface area contributed by atoms with Gasteiger partial charge in [-0.3, -0.25) is 0 Å². The largest absolute Gasteiger partial charge is 0.385 e. The maximum atomic E-state index is 10.5. The number of para-hydroxylation sites is 1. The molecule has 1 aromatic heterocycles. The molecule has 1 heterocycles. The second-order valence-corrected chi connectivity index (χ2v) is 4.80. The molecule has 0 radical (unpaired) electrons. The molecule has 2 unspecified atom stereocenters. The van der Waals surface area contributed by atoms with Gasteiger partial charge >= 0.3 is 0 Å². The topological polar surface area (TPSA) is 58.3 Å². The maximum absolute atomic E-state index is 10.5. The van der Waals surface area contributed by atoms with Gasteiger partial charge in [-0.05, 0) is 23.8 Å². The van der Waals surface area contributed by atoms with Gasteiger partial charge in [0.1, 0.15) is 12.2 Å². The summed E-state index contributed by atoms with van der Waals surface area (Å²) in [5.74, 6) is 0. The lowest BCUT2D eigenvalue weighted by Crippen LogP contribution is -2.14. The molecular formula is C17H16N2O2. The van der Waals surface area contributed by atoms with Crippen LogP contribution in [-0.2, 0) is 0 Å². The lowest BCUT2D eigenvalue weighted by atomic mass is 10.0. The minimum atomic E-state index is -1.05. The SMILES string of the molecule is OC(c1ccccc1)C(O)c1ccnn1-c1ccccc1. The van der Waals surface area contributed by atoms with E-state index >= 15 is 0 Å². The molecule has 0 bridgehead atoms. The van der Waals surface area contributed by atoms with Crippen molar-refractivity contribution >= 4 is 0 Å². The maximum Gasteiger partial charge on any atom is 0.126 e. The average molecular weight is 280 g/mol. The average Bonchev–Trinajstić information content (AvgIpc) is 3.04. The van der Waals surface area contributed by atoms with E-state index in [-0.39, 0.29) is 0 Å². The smallest absolute Gasteiger partial charge is 0.126 e. The lowest BCUT2D eigenvalue weighted by molar-refractivity contribution is 0.0132. The molecule has 4 nitrogen and oxygen atoms in total. The van der Waals surface area contributed by atoms with E-state index in [1.807, 2.05) is 48.5 Å². The van der Waals surface area contributed by atoms with Crippen LogP contribution >= 0.6 is 0 Å². The Morgan fingerprint density at radius 1 is 0.762 bits per heavy atom. The zero-order valence-corrected chi connectivity index (χ0v) is 11.4.